The second-order valence-electron chi connectivity index (χ2n) is 5.09. The fourth-order valence-corrected chi connectivity index (χ4v) is 2.79. The van der Waals surface area contributed by atoms with E-state index in [0.29, 0.717) is 6.04 Å². The van der Waals surface area contributed by atoms with E-state index in [0.717, 1.165) is 47.7 Å². The van der Waals surface area contributed by atoms with E-state index < -0.39 is 0 Å². The number of anilines is 3. The molecule has 1 aliphatic rings. The highest BCUT2D eigenvalue weighted by molar-refractivity contribution is 9.10. The summed E-state index contributed by atoms with van der Waals surface area (Å²) < 4.78 is 1.04. The van der Waals surface area contributed by atoms with Crippen LogP contribution in [0.3, 0.4) is 0 Å². The van der Waals surface area contributed by atoms with E-state index in [4.69, 9.17) is 0 Å². The SMILES string of the molecule is Brc1cccc(Nc2cc(NC3CCNCC3)ncn2)c1. The van der Waals surface area contributed by atoms with Crippen molar-refractivity contribution < 1.29 is 0 Å². The minimum absolute atomic E-state index is 0.486. The summed E-state index contributed by atoms with van der Waals surface area (Å²) in [4.78, 5) is 8.57. The lowest BCUT2D eigenvalue weighted by Gasteiger charge is -2.24. The smallest absolute Gasteiger partial charge is 0.135 e. The van der Waals surface area contributed by atoms with Gasteiger partial charge in [-0.2, -0.15) is 0 Å². The van der Waals surface area contributed by atoms with Crippen molar-refractivity contribution >= 4 is 33.3 Å². The Morgan fingerprint density at radius 3 is 2.71 bits per heavy atom. The van der Waals surface area contributed by atoms with Crippen molar-refractivity contribution in [2.75, 3.05) is 23.7 Å². The number of benzene rings is 1. The third-order valence-corrected chi connectivity index (χ3v) is 3.95. The average Bonchev–Trinajstić information content (AvgIpc) is 2.49. The molecule has 1 aliphatic heterocycles. The summed E-state index contributed by atoms with van der Waals surface area (Å²) in [5.41, 5.74) is 0.996. The first-order chi connectivity index (χ1) is 10.3. The largest absolute Gasteiger partial charge is 0.367 e. The van der Waals surface area contributed by atoms with Gasteiger partial charge in [-0.05, 0) is 44.1 Å². The van der Waals surface area contributed by atoms with Gasteiger partial charge in [-0.3, -0.25) is 0 Å². The summed E-state index contributed by atoms with van der Waals surface area (Å²) in [5, 5.41) is 10.1. The molecule has 3 rings (SSSR count). The molecule has 1 saturated heterocycles. The Balaban J connectivity index is 1.67. The molecule has 2 aromatic rings. The summed E-state index contributed by atoms with van der Waals surface area (Å²) in [6.45, 7) is 2.12. The Morgan fingerprint density at radius 1 is 1.10 bits per heavy atom. The van der Waals surface area contributed by atoms with Gasteiger partial charge in [-0.25, -0.2) is 9.97 Å². The average molecular weight is 348 g/mol. The molecule has 1 fully saturated rings. The lowest BCUT2D eigenvalue weighted by molar-refractivity contribution is 0.478. The molecule has 1 aromatic carbocycles. The van der Waals surface area contributed by atoms with Gasteiger partial charge in [0, 0.05) is 22.3 Å². The normalized spacial score (nSPS) is 15.7. The van der Waals surface area contributed by atoms with Gasteiger partial charge in [0.1, 0.15) is 18.0 Å². The molecule has 5 nitrogen and oxygen atoms in total. The quantitative estimate of drug-likeness (QED) is 0.792. The minimum Gasteiger partial charge on any atom is -0.367 e. The zero-order valence-electron chi connectivity index (χ0n) is 11.6. The number of nitrogens with zero attached hydrogens (tertiary/aromatic N) is 2. The van der Waals surface area contributed by atoms with Gasteiger partial charge in [-0.15, -0.1) is 0 Å². The number of piperidine rings is 1. The van der Waals surface area contributed by atoms with E-state index in [-0.39, 0.29) is 0 Å². The maximum absolute atomic E-state index is 4.30. The van der Waals surface area contributed by atoms with Crippen molar-refractivity contribution in [2.24, 2.45) is 0 Å². The Labute approximate surface area is 132 Å². The molecule has 0 amide bonds. The second kappa shape index (κ2) is 6.87. The monoisotopic (exact) mass is 347 g/mol. The molecule has 0 aliphatic carbocycles. The highest BCUT2D eigenvalue weighted by atomic mass is 79.9. The molecule has 0 radical (unpaired) electrons. The van der Waals surface area contributed by atoms with Crippen LogP contribution in [-0.2, 0) is 0 Å². The Hall–Kier alpha value is -1.66. The second-order valence-corrected chi connectivity index (χ2v) is 6.01. The van der Waals surface area contributed by atoms with E-state index >= 15 is 0 Å². The van der Waals surface area contributed by atoms with Gasteiger partial charge in [0.05, 0.1) is 0 Å². The summed E-state index contributed by atoms with van der Waals surface area (Å²) in [6.07, 6.45) is 3.83. The molecule has 110 valence electrons. The van der Waals surface area contributed by atoms with Gasteiger partial charge in [0.25, 0.3) is 0 Å². The standard InChI is InChI=1S/C15H18BrN5/c16-11-2-1-3-13(8-11)21-15-9-14(18-10-19-15)20-12-4-6-17-7-5-12/h1-3,8-10,12,17H,4-7H2,(H2,18,19,20,21). The summed E-state index contributed by atoms with van der Waals surface area (Å²) >= 11 is 3.46. The predicted octanol–water partition coefficient (Wildman–Crippen LogP) is 3.15. The molecule has 6 heteroatoms. The van der Waals surface area contributed by atoms with Crippen molar-refractivity contribution in [2.45, 2.75) is 18.9 Å². The lowest BCUT2D eigenvalue weighted by atomic mass is 10.1. The molecule has 21 heavy (non-hydrogen) atoms. The first-order valence-electron chi connectivity index (χ1n) is 7.11. The highest BCUT2D eigenvalue weighted by Crippen LogP contribution is 2.20. The number of halogens is 1. The number of nitrogens with one attached hydrogen (secondary N) is 3. The Morgan fingerprint density at radius 2 is 1.90 bits per heavy atom. The summed E-state index contributed by atoms with van der Waals surface area (Å²) in [6, 6.07) is 10.4. The zero-order chi connectivity index (χ0) is 14.5. The van der Waals surface area contributed by atoms with Crippen LogP contribution in [0.4, 0.5) is 17.3 Å². The van der Waals surface area contributed by atoms with Gasteiger partial charge >= 0.3 is 0 Å². The van der Waals surface area contributed by atoms with E-state index in [1.165, 1.54) is 0 Å². The van der Waals surface area contributed by atoms with Crippen LogP contribution < -0.4 is 16.0 Å². The van der Waals surface area contributed by atoms with Crippen molar-refractivity contribution in [3.8, 4) is 0 Å². The third kappa shape index (κ3) is 4.15. The Kier molecular flexibility index (Phi) is 4.67. The van der Waals surface area contributed by atoms with E-state index in [1.807, 2.05) is 30.3 Å². The van der Waals surface area contributed by atoms with Crippen molar-refractivity contribution in [3.05, 3.63) is 41.1 Å². The van der Waals surface area contributed by atoms with Crippen LogP contribution in [0.15, 0.2) is 41.1 Å². The number of rotatable bonds is 4. The third-order valence-electron chi connectivity index (χ3n) is 3.46. The number of aromatic nitrogens is 2. The number of hydrogen-bond acceptors (Lipinski definition) is 5. The van der Waals surface area contributed by atoms with E-state index in [2.05, 4.69) is 41.8 Å². The van der Waals surface area contributed by atoms with Crippen LogP contribution in [0.1, 0.15) is 12.8 Å². The topological polar surface area (TPSA) is 61.9 Å². The Bertz CT molecular complexity index is 598. The minimum atomic E-state index is 0.486. The summed E-state index contributed by atoms with van der Waals surface area (Å²) in [7, 11) is 0. The molecule has 0 spiro atoms. The van der Waals surface area contributed by atoms with E-state index in [9.17, 15) is 0 Å². The van der Waals surface area contributed by atoms with Crippen LogP contribution in [0.2, 0.25) is 0 Å². The van der Waals surface area contributed by atoms with Crippen molar-refractivity contribution in [1.29, 1.82) is 0 Å². The molecular formula is C15H18BrN5. The van der Waals surface area contributed by atoms with Crippen molar-refractivity contribution in [3.63, 3.8) is 0 Å². The lowest BCUT2D eigenvalue weighted by Crippen LogP contribution is -2.35. The molecule has 3 N–H and O–H groups in total. The van der Waals surface area contributed by atoms with Gasteiger partial charge < -0.3 is 16.0 Å². The molecule has 0 unspecified atom stereocenters. The number of hydrogen-bond donors (Lipinski definition) is 3. The van der Waals surface area contributed by atoms with Crippen LogP contribution in [0.5, 0.6) is 0 Å². The highest BCUT2D eigenvalue weighted by Gasteiger charge is 2.13. The maximum Gasteiger partial charge on any atom is 0.135 e. The summed E-state index contributed by atoms with van der Waals surface area (Å²) in [5.74, 6) is 1.66. The first-order valence-corrected chi connectivity index (χ1v) is 7.91. The van der Waals surface area contributed by atoms with Crippen LogP contribution >= 0.6 is 15.9 Å². The van der Waals surface area contributed by atoms with Crippen molar-refractivity contribution in [1.82, 2.24) is 15.3 Å². The maximum atomic E-state index is 4.30. The zero-order valence-corrected chi connectivity index (χ0v) is 13.2. The molecule has 0 atom stereocenters. The molecule has 0 bridgehead atoms. The van der Waals surface area contributed by atoms with Crippen LogP contribution in [-0.4, -0.2) is 29.1 Å². The van der Waals surface area contributed by atoms with Gasteiger partial charge in [0.15, 0.2) is 0 Å². The van der Waals surface area contributed by atoms with Gasteiger partial charge in [0.2, 0.25) is 0 Å². The predicted molar refractivity (Wildman–Crippen MR) is 89.0 cm³/mol. The first kappa shape index (κ1) is 14.3. The van der Waals surface area contributed by atoms with Crippen LogP contribution in [0.25, 0.3) is 0 Å². The molecular weight excluding hydrogens is 330 g/mol. The molecule has 1 aromatic heterocycles. The van der Waals surface area contributed by atoms with E-state index in [1.54, 1.807) is 6.33 Å². The fourth-order valence-electron chi connectivity index (χ4n) is 2.39. The van der Waals surface area contributed by atoms with Gasteiger partial charge in [-0.1, -0.05) is 22.0 Å². The van der Waals surface area contributed by atoms with Crippen LogP contribution in [0, 0.1) is 0 Å². The fraction of sp³-hybridized carbons (Fsp3) is 0.333. The molecule has 2 heterocycles. The molecule has 0 saturated carbocycles.